The van der Waals surface area contributed by atoms with Gasteiger partial charge in [0.1, 0.15) is 0 Å². The second-order valence-electron chi connectivity index (χ2n) is 15.6. The smallest absolute Gasteiger partial charge is 0.0485 e. The fourth-order valence-electron chi connectivity index (χ4n) is 8.53. The molecule has 10 aromatic rings. The van der Waals surface area contributed by atoms with Crippen LogP contribution < -0.4 is 21.4 Å². The van der Waals surface area contributed by atoms with Gasteiger partial charge in [-0.05, 0) is 141 Å². The van der Waals surface area contributed by atoms with Crippen LogP contribution in [0, 0.1) is 13.8 Å². The fourth-order valence-corrected chi connectivity index (χ4v) is 9.86. The van der Waals surface area contributed by atoms with Crippen molar-refractivity contribution in [2.75, 3.05) is 0 Å². The minimum absolute atomic E-state index is 1.03. The molecular formula is C54H40N4S2. The van der Waals surface area contributed by atoms with E-state index in [-0.39, 0.29) is 0 Å². The van der Waals surface area contributed by atoms with Crippen LogP contribution >= 0.6 is 22.7 Å². The quantitative estimate of drug-likeness (QED) is 0.129. The number of thiophene rings is 2. The van der Waals surface area contributed by atoms with Crippen LogP contribution in [0.3, 0.4) is 0 Å². The summed E-state index contributed by atoms with van der Waals surface area (Å²) in [5.74, 6) is 0. The van der Waals surface area contributed by atoms with Gasteiger partial charge in [0.05, 0.1) is 0 Å². The summed E-state index contributed by atoms with van der Waals surface area (Å²) in [6.07, 6.45) is 0. The van der Waals surface area contributed by atoms with Gasteiger partial charge in [0.2, 0.25) is 0 Å². The first kappa shape index (κ1) is 36.0. The van der Waals surface area contributed by atoms with E-state index in [4.69, 9.17) is 0 Å². The van der Waals surface area contributed by atoms with Gasteiger partial charge < -0.3 is 19.9 Å². The number of rotatable bonds is 6. The first-order valence-corrected chi connectivity index (χ1v) is 22.1. The maximum Gasteiger partial charge on any atom is 0.0485 e. The second kappa shape index (κ2) is 14.9. The Morgan fingerprint density at radius 2 is 0.550 bits per heavy atom. The van der Waals surface area contributed by atoms with E-state index >= 15 is 0 Å². The molecule has 1 aliphatic heterocycles. The zero-order chi connectivity index (χ0) is 40.2. The summed E-state index contributed by atoms with van der Waals surface area (Å²) in [6.45, 7) is 4.28. The number of nitrogens with one attached hydrogen (secondary N) is 4. The Labute approximate surface area is 355 Å². The van der Waals surface area contributed by atoms with Crippen molar-refractivity contribution in [3.8, 4) is 22.3 Å². The standard InChI is InChI=1S/C54H40N4S2/c1-33-3-7-37(8-4-33)51-43-19-23-47(55-43)53(39-15-11-35(12-16-39)41-27-29-59-31-41)49-25-21-45(57-49)52(38-9-5-34(2)6-10-38)46-22-26-50(58-46)54(48-24-20-44(51)56-48)40-17-13-36(14-18-40)42-28-30-60-32-42/h3-32,55-58H,1-2H3. The first-order chi connectivity index (χ1) is 29.5. The van der Waals surface area contributed by atoms with E-state index in [0.717, 1.165) is 88.7 Å². The molecule has 0 aliphatic carbocycles. The zero-order valence-electron chi connectivity index (χ0n) is 33.1. The molecule has 6 aromatic heterocycles. The molecule has 0 amide bonds. The van der Waals surface area contributed by atoms with E-state index in [1.165, 1.54) is 33.4 Å². The summed E-state index contributed by atoms with van der Waals surface area (Å²) < 4.78 is 0. The van der Waals surface area contributed by atoms with Gasteiger partial charge in [-0.3, -0.25) is 0 Å². The van der Waals surface area contributed by atoms with Crippen LogP contribution in [-0.4, -0.2) is 19.9 Å². The van der Waals surface area contributed by atoms with Crippen LogP contribution in [0.4, 0.5) is 0 Å². The molecule has 0 atom stereocenters. The first-order valence-electron chi connectivity index (χ1n) is 20.2. The third-order valence-electron chi connectivity index (χ3n) is 11.6. The highest BCUT2D eigenvalue weighted by molar-refractivity contribution is 7.08. The SMILES string of the molecule is Cc1ccc(C2=c3ccc([nH]3)=C(c3ccc(-c4ccsc4)cc3)c3ccc([nH]3)C(c3ccc(C)cc3)=c3ccc([nH]3)=C(c3ccc(-c4ccsc4)cc3)c3ccc2[nH]3)cc1. The minimum atomic E-state index is 1.03. The number of hydrogen-bond acceptors (Lipinski definition) is 2. The number of aryl methyl sites for hydroxylation is 2. The molecule has 0 saturated heterocycles. The molecule has 60 heavy (non-hydrogen) atoms. The van der Waals surface area contributed by atoms with Crippen LogP contribution in [0.5, 0.6) is 0 Å². The van der Waals surface area contributed by atoms with E-state index in [1.807, 2.05) is 0 Å². The van der Waals surface area contributed by atoms with Crippen LogP contribution in [-0.2, 0) is 0 Å². The minimum Gasteiger partial charge on any atom is -0.354 e. The highest BCUT2D eigenvalue weighted by Crippen LogP contribution is 2.31. The normalized spacial score (nSPS) is 12.7. The third-order valence-corrected chi connectivity index (χ3v) is 13.0. The van der Waals surface area contributed by atoms with Gasteiger partial charge in [-0.1, -0.05) is 108 Å². The Balaban J connectivity index is 1.21. The van der Waals surface area contributed by atoms with Gasteiger partial charge in [-0.25, -0.2) is 0 Å². The molecule has 7 heterocycles. The second-order valence-corrected chi connectivity index (χ2v) is 17.1. The van der Waals surface area contributed by atoms with E-state index in [2.05, 4.69) is 213 Å². The average Bonchev–Trinajstić information content (AvgIpc) is 4.14. The van der Waals surface area contributed by atoms with Gasteiger partial charge in [0.25, 0.3) is 0 Å². The number of H-pyrrole nitrogens is 4. The lowest BCUT2D eigenvalue weighted by molar-refractivity contribution is 1.19. The van der Waals surface area contributed by atoms with E-state index < -0.39 is 0 Å². The highest BCUT2D eigenvalue weighted by atomic mass is 32.1. The van der Waals surface area contributed by atoms with Crippen LogP contribution in [0.25, 0.3) is 44.5 Å². The maximum absolute atomic E-state index is 3.93. The van der Waals surface area contributed by atoms with Crippen LogP contribution in [0.1, 0.15) is 56.2 Å². The number of aromatic amines is 4. The predicted molar refractivity (Wildman–Crippen MR) is 250 cm³/mol. The Morgan fingerprint density at radius 3 is 0.833 bits per heavy atom. The predicted octanol–water partition coefficient (Wildman–Crippen LogP) is 10.4. The lowest BCUT2D eigenvalue weighted by Crippen LogP contribution is -2.19. The number of aromatic nitrogens is 4. The van der Waals surface area contributed by atoms with Crippen molar-refractivity contribution < 1.29 is 0 Å². The van der Waals surface area contributed by atoms with Gasteiger partial charge >= 0.3 is 0 Å². The maximum atomic E-state index is 3.93. The molecule has 4 N–H and O–H groups in total. The van der Waals surface area contributed by atoms with Crippen molar-refractivity contribution in [3.63, 3.8) is 0 Å². The van der Waals surface area contributed by atoms with Gasteiger partial charge in [-0.15, -0.1) is 0 Å². The molecule has 4 aromatic carbocycles. The molecule has 0 fully saturated rings. The molecule has 6 heteroatoms. The topological polar surface area (TPSA) is 63.2 Å². The monoisotopic (exact) mass is 808 g/mol. The third kappa shape index (κ3) is 6.56. The van der Waals surface area contributed by atoms with Gasteiger partial charge in [-0.2, -0.15) is 22.7 Å². The van der Waals surface area contributed by atoms with Crippen molar-refractivity contribution in [3.05, 3.63) is 257 Å². The van der Waals surface area contributed by atoms with E-state index in [0.29, 0.717) is 0 Å². The largest absolute Gasteiger partial charge is 0.354 e. The Morgan fingerprint density at radius 1 is 0.267 bits per heavy atom. The van der Waals surface area contributed by atoms with Crippen molar-refractivity contribution in [1.29, 1.82) is 0 Å². The molecule has 288 valence electrons. The van der Waals surface area contributed by atoms with Crippen molar-refractivity contribution in [2.45, 2.75) is 13.8 Å². The molecule has 8 bridgehead atoms. The Kier molecular flexibility index (Phi) is 8.95. The molecule has 1 aliphatic rings. The highest BCUT2D eigenvalue weighted by Gasteiger charge is 2.19. The Bertz CT molecular complexity index is 3160. The van der Waals surface area contributed by atoms with Crippen LogP contribution in [0.2, 0.25) is 0 Å². The van der Waals surface area contributed by atoms with E-state index in [9.17, 15) is 0 Å². The summed E-state index contributed by atoms with van der Waals surface area (Å²) in [7, 11) is 0. The molecule has 4 nitrogen and oxygen atoms in total. The van der Waals surface area contributed by atoms with E-state index in [1.54, 1.807) is 22.7 Å². The molecule has 11 rings (SSSR count). The van der Waals surface area contributed by atoms with Gasteiger partial charge in [0, 0.05) is 66.5 Å². The van der Waals surface area contributed by atoms with Crippen molar-refractivity contribution >= 4 is 45.0 Å². The summed E-state index contributed by atoms with van der Waals surface area (Å²) >= 11 is 3.44. The molecule has 0 saturated carbocycles. The molecule has 0 unspecified atom stereocenters. The summed E-state index contributed by atoms with van der Waals surface area (Å²) in [6, 6.07) is 57.7. The lowest BCUT2D eigenvalue weighted by atomic mass is 9.99. The number of fused-ring (bicyclic) bond motifs is 8. The summed E-state index contributed by atoms with van der Waals surface area (Å²) in [5, 5.41) is 12.8. The molecule has 0 radical (unpaired) electrons. The summed E-state index contributed by atoms with van der Waals surface area (Å²) in [4.78, 5) is 15.7. The average molecular weight is 809 g/mol. The summed E-state index contributed by atoms with van der Waals surface area (Å²) in [5.41, 5.74) is 20.4. The zero-order valence-corrected chi connectivity index (χ0v) is 34.8. The molecule has 0 spiro atoms. The number of benzene rings is 4. The fraction of sp³-hybridized carbons (Fsp3) is 0.0370. The van der Waals surface area contributed by atoms with Gasteiger partial charge in [0.15, 0.2) is 0 Å². The lowest BCUT2D eigenvalue weighted by Gasteiger charge is -2.11. The van der Waals surface area contributed by atoms with Crippen molar-refractivity contribution in [1.82, 2.24) is 19.9 Å². The number of hydrogen-bond donors (Lipinski definition) is 4. The van der Waals surface area contributed by atoms with Crippen molar-refractivity contribution in [2.24, 2.45) is 0 Å². The van der Waals surface area contributed by atoms with Crippen LogP contribution in [0.15, 0.2) is 179 Å². The Hall–Kier alpha value is -7.12. The molecular weight excluding hydrogens is 769 g/mol.